The molecule has 3 aliphatic rings. The highest BCUT2D eigenvalue weighted by molar-refractivity contribution is 5.98. The number of rotatable bonds is 8. The van der Waals surface area contributed by atoms with Gasteiger partial charge in [0.25, 0.3) is 0 Å². The molecule has 8 heteroatoms. The summed E-state index contributed by atoms with van der Waals surface area (Å²) in [7, 11) is 0. The van der Waals surface area contributed by atoms with Crippen LogP contribution in [0.3, 0.4) is 0 Å². The lowest BCUT2D eigenvalue weighted by Gasteiger charge is -2.39. The zero-order valence-corrected chi connectivity index (χ0v) is 19.8. The zero-order chi connectivity index (χ0) is 23.3. The molecule has 3 unspecified atom stereocenters. The quantitative estimate of drug-likeness (QED) is 0.557. The Morgan fingerprint density at radius 2 is 1.97 bits per heavy atom. The largest absolute Gasteiger partial charge is 0.466 e. The number of nitrogens with zero attached hydrogens (tertiary/aromatic N) is 1. The van der Waals surface area contributed by atoms with Crippen LogP contribution in [-0.2, 0) is 23.9 Å². The van der Waals surface area contributed by atoms with E-state index in [4.69, 9.17) is 9.47 Å². The van der Waals surface area contributed by atoms with E-state index < -0.39 is 41.1 Å². The Morgan fingerprint density at radius 3 is 2.48 bits per heavy atom. The Labute approximate surface area is 185 Å². The lowest BCUT2D eigenvalue weighted by atomic mass is 9.62. The maximum Gasteiger partial charge on any atom is 0.312 e. The molecule has 176 valence electrons. The number of aliphatic hydroxyl groups excluding tert-OH is 1. The molecule has 8 nitrogen and oxygen atoms in total. The summed E-state index contributed by atoms with van der Waals surface area (Å²) in [6, 6.07) is -1.56. The Hall–Kier alpha value is -1.67. The molecule has 8 atom stereocenters. The van der Waals surface area contributed by atoms with E-state index in [9.17, 15) is 19.5 Å². The van der Waals surface area contributed by atoms with Crippen LogP contribution in [-0.4, -0.2) is 70.3 Å². The predicted molar refractivity (Wildman–Crippen MR) is 114 cm³/mol. The molecule has 0 aromatic rings. The summed E-state index contributed by atoms with van der Waals surface area (Å²) in [6.07, 6.45) is 1.24. The number of likely N-dealkylation sites (tertiary alicyclic amines) is 1. The number of esters is 1. The molecule has 0 radical (unpaired) electrons. The van der Waals surface area contributed by atoms with Crippen LogP contribution in [0.1, 0.15) is 61.3 Å². The van der Waals surface area contributed by atoms with Gasteiger partial charge in [0.15, 0.2) is 0 Å². The summed E-state index contributed by atoms with van der Waals surface area (Å²) >= 11 is 0. The van der Waals surface area contributed by atoms with Crippen LogP contribution < -0.4 is 5.32 Å². The Kier molecular flexibility index (Phi) is 6.46. The van der Waals surface area contributed by atoms with Crippen molar-refractivity contribution < 1.29 is 29.0 Å². The van der Waals surface area contributed by atoms with Crippen LogP contribution in [0.2, 0.25) is 0 Å². The summed E-state index contributed by atoms with van der Waals surface area (Å²) in [5, 5.41) is 13.2. The van der Waals surface area contributed by atoms with E-state index in [1.165, 1.54) is 4.90 Å². The summed E-state index contributed by atoms with van der Waals surface area (Å²) in [6.45, 7) is 13.2. The highest BCUT2D eigenvalue weighted by Crippen LogP contribution is 2.65. The average Bonchev–Trinajstić information content (AvgIpc) is 3.19. The second-order valence-corrected chi connectivity index (χ2v) is 10.0. The van der Waals surface area contributed by atoms with Gasteiger partial charge in [0.2, 0.25) is 11.8 Å². The lowest BCUT2D eigenvalue weighted by Crippen LogP contribution is -2.60. The van der Waals surface area contributed by atoms with Crippen molar-refractivity contribution in [1.29, 1.82) is 0 Å². The Balaban J connectivity index is 2.15. The number of hydrogen-bond acceptors (Lipinski definition) is 6. The van der Waals surface area contributed by atoms with Gasteiger partial charge in [0.05, 0.1) is 30.8 Å². The summed E-state index contributed by atoms with van der Waals surface area (Å²) in [5.41, 5.74) is -1.98. The van der Waals surface area contributed by atoms with E-state index in [0.717, 1.165) is 6.42 Å². The van der Waals surface area contributed by atoms with Gasteiger partial charge in [-0.25, -0.2) is 0 Å². The van der Waals surface area contributed by atoms with E-state index in [0.29, 0.717) is 6.42 Å². The minimum Gasteiger partial charge on any atom is -0.466 e. The lowest BCUT2D eigenvalue weighted by molar-refractivity contribution is -0.162. The van der Waals surface area contributed by atoms with Gasteiger partial charge in [0.1, 0.15) is 17.6 Å². The number of ether oxygens (including phenoxy) is 2. The second kappa shape index (κ2) is 8.35. The van der Waals surface area contributed by atoms with E-state index in [1.54, 1.807) is 6.92 Å². The molecule has 3 fully saturated rings. The van der Waals surface area contributed by atoms with Crippen molar-refractivity contribution in [2.75, 3.05) is 13.2 Å². The fourth-order valence-corrected chi connectivity index (χ4v) is 6.10. The fourth-order valence-electron chi connectivity index (χ4n) is 6.10. The molecule has 3 rings (SSSR count). The summed E-state index contributed by atoms with van der Waals surface area (Å²) in [5.74, 6) is -2.68. The number of aliphatic hydroxyl groups is 1. The molecule has 0 aliphatic carbocycles. The normalized spacial score (nSPS) is 38.4. The van der Waals surface area contributed by atoms with Crippen molar-refractivity contribution in [3.63, 3.8) is 0 Å². The number of amides is 2. The molecule has 3 aliphatic heterocycles. The molecule has 0 saturated carbocycles. The molecule has 3 heterocycles. The number of nitrogens with one attached hydrogen (secondary N) is 1. The first-order valence-electron chi connectivity index (χ1n) is 11.6. The first kappa shape index (κ1) is 24.0. The van der Waals surface area contributed by atoms with Crippen molar-refractivity contribution in [1.82, 2.24) is 10.2 Å². The van der Waals surface area contributed by atoms with Crippen LogP contribution in [0.15, 0.2) is 0 Å². The number of carbonyl (C=O) groups excluding carboxylic acids is 3. The summed E-state index contributed by atoms with van der Waals surface area (Å²) in [4.78, 5) is 42.0. The van der Waals surface area contributed by atoms with Gasteiger partial charge in [-0.05, 0) is 46.0 Å². The van der Waals surface area contributed by atoms with Crippen LogP contribution in [0.5, 0.6) is 0 Å². The van der Waals surface area contributed by atoms with Crippen molar-refractivity contribution >= 4 is 17.8 Å². The highest BCUT2D eigenvalue weighted by Gasteiger charge is 2.80. The minimum atomic E-state index is -1.11. The van der Waals surface area contributed by atoms with Gasteiger partial charge in [-0.1, -0.05) is 27.2 Å². The molecule has 31 heavy (non-hydrogen) atoms. The van der Waals surface area contributed by atoms with Crippen molar-refractivity contribution in [3.05, 3.63) is 0 Å². The van der Waals surface area contributed by atoms with Gasteiger partial charge in [-0.3, -0.25) is 14.4 Å². The SMILES string of the molecule is CCOC(=O)[C@H]1[C@H]2C(=O)N([C@@H](CO)[C@@H](C)CC)C(C(=O)NC(C)C)C23CC(C)[C@]1(C)O3. The van der Waals surface area contributed by atoms with Crippen molar-refractivity contribution in [2.24, 2.45) is 23.7 Å². The molecule has 0 aromatic carbocycles. The van der Waals surface area contributed by atoms with Gasteiger partial charge in [-0.15, -0.1) is 0 Å². The van der Waals surface area contributed by atoms with E-state index in [-0.39, 0.29) is 42.9 Å². The van der Waals surface area contributed by atoms with Crippen LogP contribution in [0.4, 0.5) is 0 Å². The molecule has 2 bridgehead atoms. The molecule has 3 saturated heterocycles. The van der Waals surface area contributed by atoms with Gasteiger partial charge in [-0.2, -0.15) is 0 Å². The molecule has 2 N–H and O–H groups in total. The molecular formula is C23H38N2O6. The standard InChI is InChI=1S/C23H38N2O6/c1-8-13(5)15(11-26)25-18(19(27)24-12(3)4)23-10-14(6)22(7,31-23)17(16(23)20(25)28)21(29)30-9-2/h12-18,26H,8-11H2,1-7H3,(H,24,27)/t13-,14?,15-,16-,17+,18?,22-,23?/m0/s1. The monoisotopic (exact) mass is 438 g/mol. The number of carbonyl (C=O) groups is 3. The van der Waals surface area contributed by atoms with Crippen molar-refractivity contribution in [3.8, 4) is 0 Å². The third-order valence-corrected chi connectivity index (χ3v) is 7.82. The van der Waals surface area contributed by atoms with E-state index in [2.05, 4.69) is 5.32 Å². The number of fused-ring (bicyclic) bond motifs is 1. The Bertz CT molecular complexity index is 742. The first-order valence-corrected chi connectivity index (χ1v) is 11.6. The third kappa shape index (κ3) is 3.37. The van der Waals surface area contributed by atoms with Crippen LogP contribution in [0.25, 0.3) is 0 Å². The van der Waals surface area contributed by atoms with Crippen LogP contribution >= 0.6 is 0 Å². The smallest absolute Gasteiger partial charge is 0.312 e. The second-order valence-electron chi connectivity index (χ2n) is 10.0. The van der Waals surface area contributed by atoms with Crippen molar-refractivity contribution in [2.45, 2.75) is 90.6 Å². The zero-order valence-electron chi connectivity index (χ0n) is 19.8. The maximum atomic E-state index is 13.9. The minimum absolute atomic E-state index is 0.0234. The van der Waals surface area contributed by atoms with Crippen LogP contribution in [0, 0.1) is 23.7 Å². The summed E-state index contributed by atoms with van der Waals surface area (Å²) < 4.78 is 11.9. The topological polar surface area (TPSA) is 105 Å². The number of hydrogen-bond donors (Lipinski definition) is 2. The Morgan fingerprint density at radius 1 is 1.32 bits per heavy atom. The molecule has 2 amide bonds. The highest BCUT2D eigenvalue weighted by atomic mass is 16.6. The molecule has 0 aromatic heterocycles. The van der Waals surface area contributed by atoms with Gasteiger partial charge < -0.3 is 24.8 Å². The average molecular weight is 439 g/mol. The van der Waals surface area contributed by atoms with E-state index >= 15 is 0 Å². The first-order chi connectivity index (χ1) is 14.5. The molecule has 1 spiro atoms. The molecular weight excluding hydrogens is 400 g/mol. The van der Waals surface area contributed by atoms with E-state index in [1.807, 2.05) is 41.5 Å². The van der Waals surface area contributed by atoms with Gasteiger partial charge in [0, 0.05) is 6.04 Å². The fraction of sp³-hybridized carbons (Fsp3) is 0.870. The van der Waals surface area contributed by atoms with Gasteiger partial charge >= 0.3 is 5.97 Å². The third-order valence-electron chi connectivity index (χ3n) is 7.82. The maximum absolute atomic E-state index is 13.9. The predicted octanol–water partition coefficient (Wildman–Crippen LogP) is 1.49.